The van der Waals surface area contributed by atoms with Crippen LogP contribution in [0.25, 0.3) is 0 Å². The van der Waals surface area contributed by atoms with E-state index in [0.29, 0.717) is 31.2 Å². The summed E-state index contributed by atoms with van der Waals surface area (Å²) in [5, 5.41) is 3.06. The minimum absolute atomic E-state index is 0.0561. The number of ether oxygens (including phenoxy) is 1. The van der Waals surface area contributed by atoms with Crippen LogP contribution in [0.1, 0.15) is 30.5 Å². The van der Waals surface area contributed by atoms with E-state index in [4.69, 9.17) is 4.74 Å². The highest BCUT2D eigenvalue weighted by molar-refractivity contribution is 7.99. The number of amides is 2. The van der Waals surface area contributed by atoms with Gasteiger partial charge in [0.2, 0.25) is 11.8 Å². The van der Waals surface area contributed by atoms with Gasteiger partial charge < -0.3 is 15.0 Å². The molecule has 6 heteroatoms. The highest BCUT2D eigenvalue weighted by atomic mass is 32.2. The van der Waals surface area contributed by atoms with Crippen molar-refractivity contribution in [3.63, 3.8) is 0 Å². The van der Waals surface area contributed by atoms with Crippen molar-refractivity contribution in [2.24, 2.45) is 5.92 Å². The molecule has 5 nitrogen and oxygen atoms in total. The van der Waals surface area contributed by atoms with Crippen LogP contribution < -0.4 is 10.1 Å². The highest BCUT2D eigenvalue weighted by Gasteiger charge is 2.30. The molecule has 3 aromatic rings. The first-order chi connectivity index (χ1) is 17.5. The lowest BCUT2D eigenvalue weighted by Gasteiger charge is -2.32. The molecule has 0 aliphatic rings. The first kappa shape index (κ1) is 27.3. The molecule has 0 fully saturated rings. The first-order valence-electron chi connectivity index (χ1n) is 12.3. The molecule has 0 spiro atoms. The maximum Gasteiger partial charge on any atom is 0.243 e. The summed E-state index contributed by atoms with van der Waals surface area (Å²) in [5.74, 6) is 1.89. The van der Waals surface area contributed by atoms with Gasteiger partial charge in [-0.3, -0.25) is 9.59 Å². The smallest absolute Gasteiger partial charge is 0.243 e. The van der Waals surface area contributed by atoms with Gasteiger partial charge in [0, 0.05) is 25.3 Å². The number of carbonyl (C=O) groups excluding carboxylic acids is 2. The van der Waals surface area contributed by atoms with E-state index in [9.17, 15) is 9.59 Å². The Kier molecular flexibility index (Phi) is 10.9. The van der Waals surface area contributed by atoms with Gasteiger partial charge in [-0.05, 0) is 34.7 Å². The van der Waals surface area contributed by atoms with Crippen LogP contribution in [0.4, 0.5) is 0 Å². The predicted molar refractivity (Wildman–Crippen MR) is 148 cm³/mol. The van der Waals surface area contributed by atoms with Crippen LogP contribution in [0.5, 0.6) is 5.75 Å². The number of rotatable bonds is 13. The maximum absolute atomic E-state index is 13.7. The van der Waals surface area contributed by atoms with Gasteiger partial charge in [0.05, 0.1) is 12.9 Å². The fourth-order valence-corrected chi connectivity index (χ4v) is 4.73. The van der Waals surface area contributed by atoms with E-state index in [-0.39, 0.29) is 11.8 Å². The number of hydrogen-bond acceptors (Lipinski definition) is 4. The van der Waals surface area contributed by atoms with Crippen LogP contribution in [0.15, 0.2) is 84.9 Å². The molecule has 0 aliphatic carbocycles. The molecule has 0 saturated heterocycles. The second-order valence-corrected chi connectivity index (χ2v) is 10.2. The molecule has 0 heterocycles. The summed E-state index contributed by atoms with van der Waals surface area (Å²) >= 11 is 1.57. The Bertz CT molecular complexity index is 1090. The number of nitrogens with one attached hydrogen (secondary N) is 1. The molecule has 0 aromatic heterocycles. The van der Waals surface area contributed by atoms with Crippen molar-refractivity contribution in [2.45, 2.75) is 38.6 Å². The monoisotopic (exact) mass is 504 g/mol. The number of benzene rings is 3. The zero-order valence-electron chi connectivity index (χ0n) is 21.4. The zero-order chi connectivity index (χ0) is 25.8. The van der Waals surface area contributed by atoms with Gasteiger partial charge in [0.15, 0.2) is 0 Å². The number of methoxy groups -OCH3 is 1. The molecule has 0 saturated carbocycles. The molecule has 2 amide bonds. The number of nitrogens with zero attached hydrogens (tertiary/aromatic N) is 1. The Morgan fingerprint density at radius 2 is 1.53 bits per heavy atom. The van der Waals surface area contributed by atoms with Crippen molar-refractivity contribution in [3.05, 3.63) is 102 Å². The largest absolute Gasteiger partial charge is 0.497 e. The van der Waals surface area contributed by atoms with E-state index in [0.717, 1.165) is 22.6 Å². The minimum atomic E-state index is -0.623. The van der Waals surface area contributed by atoms with Gasteiger partial charge >= 0.3 is 0 Å². The number of carbonyl (C=O) groups is 2. The molecule has 190 valence electrons. The lowest BCUT2D eigenvalue weighted by molar-refractivity contribution is -0.139. The average molecular weight is 505 g/mol. The van der Waals surface area contributed by atoms with E-state index in [1.54, 1.807) is 23.8 Å². The summed E-state index contributed by atoms with van der Waals surface area (Å²) in [6, 6.07) is 27.0. The number of thioether (sulfide) groups is 1. The van der Waals surface area contributed by atoms with Crippen LogP contribution in [-0.4, -0.2) is 42.2 Å². The van der Waals surface area contributed by atoms with Crippen molar-refractivity contribution in [1.29, 1.82) is 0 Å². The molecule has 1 atom stereocenters. The maximum atomic E-state index is 13.7. The summed E-state index contributed by atoms with van der Waals surface area (Å²) < 4.78 is 5.39. The molecular weight excluding hydrogens is 468 g/mol. The molecule has 36 heavy (non-hydrogen) atoms. The fourth-order valence-electron chi connectivity index (χ4n) is 3.86. The van der Waals surface area contributed by atoms with E-state index in [1.165, 1.54) is 5.56 Å². The van der Waals surface area contributed by atoms with Gasteiger partial charge in [0.1, 0.15) is 11.8 Å². The minimum Gasteiger partial charge on any atom is -0.497 e. The summed E-state index contributed by atoms with van der Waals surface area (Å²) in [6.45, 7) is 5.01. The van der Waals surface area contributed by atoms with E-state index in [2.05, 4.69) is 31.3 Å². The van der Waals surface area contributed by atoms with Gasteiger partial charge in [-0.1, -0.05) is 86.6 Å². The molecular formula is C30H36N2O3S. The van der Waals surface area contributed by atoms with Crippen LogP contribution >= 0.6 is 11.8 Å². The third-order valence-corrected chi connectivity index (χ3v) is 6.77. The van der Waals surface area contributed by atoms with E-state index >= 15 is 0 Å². The lowest BCUT2D eigenvalue weighted by Crippen LogP contribution is -2.51. The molecule has 0 bridgehead atoms. The van der Waals surface area contributed by atoms with Crippen molar-refractivity contribution in [2.75, 3.05) is 19.4 Å². The van der Waals surface area contributed by atoms with Crippen LogP contribution in [0.3, 0.4) is 0 Å². The Labute approximate surface area is 219 Å². The molecule has 0 aliphatic heterocycles. The van der Waals surface area contributed by atoms with E-state index < -0.39 is 6.04 Å². The summed E-state index contributed by atoms with van der Waals surface area (Å²) in [7, 11) is 1.62. The SMILES string of the molecule is COc1cccc(CN(C(=O)CSCc2ccccc2)[C@@H](Cc2ccccc2)C(=O)NCC(C)C)c1. The second-order valence-electron chi connectivity index (χ2n) is 9.20. The number of hydrogen-bond donors (Lipinski definition) is 1. The van der Waals surface area contributed by atoms with Crippen molar-refractivity contribution < 1.29 is 14.3 Å². The van der Waals surface area contributed by atoms with Gasteiger partial charge in [0.25, 0.3) is 0 Å². The Balaban J connectivity index is 1.86. The second kappa shape index (κ2) is 14.3. The van der Waals surface area contributed by atoms with Crippen molar-refractivity contribution in [1.82, 2.24) is 10.2 Å². The predicted octanol–water partition coefficient (Wildman–Crippen LogP) is 5.34. The molecule has 0 radical (unpaired) electrons. The van der Waals surface area contributed by atoms with Crippen LogP contribution in [-0.2, 0) is 28.3 Å². The first-order valence-corrected chi connectivity index (χ1v) is 13.5. The molecule has 3 rings (SSSR count). The molecule has 0 unspecified atom stereocenters. The molecule has 3 aromatic carbocycles. The Hall–Kier alpha value is -3.25. The average Bonchev–Trinajstić information content (AvgIpc) is 2.90. The Morgan fingerprint density at radius 3 is 2.17 bits per heavy atom. The summed E-state index contributed by atoms with van der Waals surface area (Å²) in [4.78, 5) is 28.9. The summed E-state index contributed by atoms with van der Waals surface area (Å²) in [5.41, 5.74) is 3.11. The molecule has 1 N–H and O–H groups in total. The standard InChI is InChI=1S/C30H36N2O3S/c1-23(2)19-31-30(34)28(18-24-11-6-4-7-12-24)32(20-26-15-10-16-27(17-26)35-3)29(33)22-36-21-25-13-8-5-9-14-25/h4-17,23,28H,18-22H2,1-3H3,(H,31,34)/t28-/m0/s1. The van der Waals surface area contributed by atoms with Crippen LogP contribution in [0, 0.1) is 5.92 Å². The van der Waals surface area contributed by atoms with Crippen LogP contribution in [0.2, 0.25) is 0 Å². The lowest BCUT2D eigenvalue weighted by atomic mass is 10.0. The van der Waals surface area contributed by atoms with Gasteiger partial charge in [-0.25, -0.2) is 0 Å². The zero-order valence-corrected chi connectivity index (χ0v) is 22.2. The highest BCUT2D eigenvalue weighted by Crippen LogP contribution is 2.20. The quantitative estimate of drug-likeness (QED) is 0.341. The third kappa shape index (κ3) is 8.76. The summed E-state index contributed by atoms with van der Waals surface area (Å²) in [6.07, 6.45) is 0.448. The topological polar surface area (TPSA) is 58.6 Å². The fraction of sp³-hybridized carbons (Fsp3) is 0.333. The normalized spacial score (nSPS) is 11.7. The van der Waals surface area contributed by atoms with Crippen molar-refractivity contribution in [3.8, 4) is 5.75 Å². The van der Waals surface area contributed by atoms with Gasteiger partial charge in [-0.2, -0.15) is 0 Å². The Morgan fingerprint density at radius 1 is 0.889 bits per heavy atom. The third-order valence-electron chi connectivity index (χ3n) is 5.78. The van der Waals surface area contributed by atoms with Gasteiger partial charge in [-0.15, -0.1) is 11.8 Å². The van der Waals surface area contributed by atoms with Crippen molar-refractivity contribution >= 4 is 23.6 Å². The van der Waals surface area contributed by atoms with E-state index in [1.807, 2.05) is 72.8 Å².